The van der Waals surface area contributed by atoms with Gasteiger partial charge in [0.15, 0.2) is 0 Å². The van der Waals surface area contributed by atoms with E-state index in [0.717, 1.165) is 30.6 Å². The number of methoxy groups -OCH3 is 1. The van der Waals surface area contributed by atoms with E-state index >= 15 is 0 Å². The molecule has 0 aromatic carbocycles. The summed E-state index contributed by atoms with van der Waals surface area (Å²) in [7, 11) is 1.68. The van der Waals surface area contributed by atoms with E-state index < -0.39 is 0 Å². The first-order valence-electron chi connectivity index (χ1n) is 6.03. The molecule has 0 saturated heterocycles. The van der Waals surface area contributed by atoms with Gasteiger partial charge in [-0.15, -0.1) is 0 Å². The zero-order valence-electron chi connectivity index (χ0n) is 9.82. The van der Waals surface area contributed by atoms with E-state index in [0.29, 0.717) is 6.10 Å². The van der Waals surface area contributed by atoms with Crippen LogP contribution in [0.2, 0.25) is 0 Å². The van der Waals surface area contributed by atoms with Crippen LogP contribution in [0.5, 0.6) is 0 Å². The van der Waals surface area contributed by atoms with Crippen LogP contribution < -0.4 is 0 Å². The second kappa shape index (κ2) is 5.51. The topological polar surface area (TPSA) is 38.7 Å². The Morgan fingerprint density at radius 3 is 2.69 bits per heavy atom. The van der Waals surface area contributed by atoms with Gasteiger partial charge in [-0.25, -0.2) is 0 Å². The summed E-state index contributed by atoms with van der Waals surface area (Å²) in [5.74, 6) is 0.879. The standard InChI is InChI=1S/C13H20O3/c1-15-12-7-6-10(9-14)8-13(12)16-11-4-2-3-5-11/h6-7,11,13-14H,2-5,8-9H2,1H3/t13-/m0/s1. The van der Waals surface area contributed by atoms with E-state index in [4.69, 9.17) is 14.6 Å². The van der Waals surface area contributed by atoms with Gasteiger partial charge >= 0.3 is 0 Å². The van der Waals surface area contributed by atoms with E-state index in [9.17, 15) is 0 Å². The molecule has 1 fully saturated rings. The molecular weight excluding hydrogens is 204 g/mol. The average Bonchev–Trinajstić information content (AvgIpc) is 2.82. The van der Waals surface area contributed by atoms with Crippen molar-refractivity contribution in [2.75, 3.05) is 13.7 Å². The number of hydrogen-bond acceptors (Lipinski definition) is 3. The third-order valence-electron chi connectivity index (χ3n) is 3.35. The van der Waals surface area contributed by atoms with Crippen molar-refractivity contribution in [1.82, 2.24) is 0 Å². The lowest BCUT2D eigenvalue weighted by Gasteiger charge is -2.26. The third-order valence-corrected chi connectivity index (χ3v) is 3.35. The second-order valence-electron chi connectivity index (χ2n) is 4.49. The van der Waals surface area contributed by atoms with Crippen molar-refractivity contribution in [2.24, 2.45) is 0 Å². The van der Waals surface area contributed by atoms with Crippen molar-refractivity contribution in [3.8, 4) is 0 Å². The number of ether oxygens (including phenoxy) is 2. The summed E-state index contributed by atoms with van der Waals surface area (Å²) in [6.45, 7) is 0.109. The largest absolute Gasteiger partial charge is 0.498 e. The summed E-state index contributed by atoms with van der Waals surface area (Å²) < 4.78 is 11.4. The van der Waals surface area contributed by atoms with Gasteiger partial charge < -0.3 is 14.6 Å². The molecule has 2 aliphatic rings. The number of rotatable bonds is 4. The normalized spacial score (nSPS) is 26.5. The van der Waals surface area contributed by atoms with Gasteiger partial charge in [0.1, 0.15) is 11.9 Å². The summed E-state index contributed by atoms with van der Waals surface area (Å²) in [4.78, 5) is 0. The third kappa shape index (κ3) is 2.66. The van der Waals surface area contributed by atoms with Crippen LogP contribution >= 0.6 is 0 Å². The van der Waals surface area contributed by atoms with Gasteiger partial charge in [-0.05, 0) is 24.5 Å². The van der Waals surface area contributed by atoms with E-state index in [1.54, 1.807) is 7.11 Å². The molecule has 1 N–H and O–H groups in total. The van der Waals surface area contributed by atoms with Crippen LogP contribution in [0.15, 0.2) is 23.5 Å². The van der Waals surface area contributed by atoms with Crippen LogP contribution in [0, 0.1) is 0 Å². The molecule has 0 aromatic heterocycles. The summed E-state index contributed by atoms with van der Waals surface area (Å²) >= 11 is 0. The molecule has 16 heavy (non-hydrogen) atoms. The van der Waals surface area contributed by atoms with Gasteiger partial charge in [0.25, 0.3) is 0 Å². The van der Waals surface area contributed by atoms with E-state index in [-0.39, 0.29) is 12.7 Å². The average molecular weight is 224 g/mol. The highest BCUT2D eigenvalue weighted by atomic mass is 16.5. The van der Waals surface area contributed by atoms with E-state index in [1.165, 1.54) is 12.8 Å². The number of allylic oxidation sites excluding steroid dienone is 2. The molecule has 0 spiro atoms. The van der Waals surface area contributed by atoms with Crippen LogP contribution in [0.4, 0.5) is 0 Å². The van der Waals surface area contributed by atoms with Gasteiger partial charge in [-0.1, -0.05) is 18.9 Å². The molecule has 0 heterocycles. The predicted molar refractivity (Wildman–Crippen MR) is 62.0 cm³/mol. The second-order valence-corrected chi connectivity index (χ2v) is 4.49. The maximum absolute atomic E-state index is 9.13. The Balaban J connectivity index is 1.97. The van der Waals surface area contributed by atoms with Crippen molar-refractivity contribution >= 4 is 0 Å². The number of aliphatic hydroxyl groups is 1. The highest BCUT2D eigenvalue weighted by molar-refractivity contribution is 5.25. The monoisotopic (exact) mass is 224 g/mol. The molecule has 0 aliphatic heterocycles. The van der Waals surface area contributed by atoms with Gasteiger partial charge in [0, 0.05) is 6.42 Å². The van der Waals surface area contributed by atoms with Crippen molar-refractivity contribution in [3.05, 3.63) is 23.5 Å². The quantitative estimate of drug-likeness (QED) is 0.795. The van der Waals surface area contributed by atoms with Crippen molar-refractivity contribution in [1.29, 1.82) is 0 Å². The SMILES string of the molecule is COC1=CC=C(CO)C[C@@H]1OC1CCCC1. The Morgan fingerprint density at radius 1 is 1.31 bits per heavy atom. The zero-order valence-corrected chi connectivity index (χ0v) is 9.82. The van der Waals surface area contributed by atoms with Crippen molar-refractivity contribution in [2.45, 2.75) is 44.3 Å². The fourth-order valence-electron chi connectivity index (χ4n) is 2.40. The summed E-state index contributed by atoms with van der Waals surface area (Å²) in [6.07, 6.45) is 9.83. The Bertz CT molecular complexity index is 288. The molecule has 1 saturated carbocycles. The smallest absolute Gasteiger partial charge is 0.125 e. The first-order chi connectivity index (χ1) is 7.83. The summed E-state index contributed by atoms with van der Waals surface area (Å²) in [6, 6.07) is 0. The van der Waals surface area contributed by atoms with Crippen molar-refractivity contribution < 1.29 is 14.6 Å². The number of hydrogen-bond donors (Lipinski definition) is 1. The van der Waals surface area contributed by atoms with E-state index in [1.807, 2.05) is 12.2 Å². The molecule has 0 radical (unpaired) electrons. The lowest BCUT2D eigenvalue weighted by Crippen LogP contribution is -2.25. The lowest BCUT2D eigenvalue weighted by molar-refractivity contribution is -0.0153. The predicted octanol–water partition coefficient (Wildman–Crippen LogP) is 2.17. The molecular formula is C13H20O3. The van der Waals surface area contributed by atoms with Crippen LogP contribution in [0.3, 0.4) is 0 Å². The van der Waals surface area contributed by atoms with Gasteiger partial charge in [0.2, 0.25) is 0 Å². The fraction of sp³-hybridized carbons (Fsp3) is 0.692. The summed E-state index contributed by atoms with van der Waals surface area (Å²) in [5, 5.41) is 9.13. The maximum Gasteiger partial charge on any atom is 0.125 e. The maximum atomic E-state index is 9.13. The molecule has 0 aromatic rings. The van der Waals surface area contributed by atoms with Gasteiger partial charge in [-0.2, -0.15) is 0 Å². The molecule has 90 valence electrons. The molecule has 3 heteroatoms. The van der Waals surface area contributed by atoms with Crippen LogP contribution in [0.25, 0.3) is 0 Å². The minimum absolute atomic E-state index is 0.000231. The van der Waals surface area contributed by atoms with Crippen molar-refractivity contribution in [3.63, 3.8) is 0 Å². The lowest BCUT2D eigenvalue weighted by atomic mass is 10.0. The Labute approximate surface area is 96.7 Å². The fourth-order valence-corrected chi connectivity index (χ4v) is 2.40. The van der Waals surface area contributed by atoms with Gasteiger partial charge in [-0.3, -0.25) is 0 Å². The Morgan fingerprint density at radius 2 is 2.06 bits per heavy atom. The minimum Gasteiger partial charge on any atom is -0.498 e. The molecule has 0 amide bonds. The Hall–Kier alpha value is -0.800. The molecule has 0 unspecified atom stereocenters. The zero-order chi connectivity index (χ0) is 11.4. The molecule has 2 rings (SSSR count). The van der Waals surface area contributed by atoms with Crippen LogP contribution in [-0.2, 0) is 9.47 Å². The van der Waals surface area contributed by atoms with E-state index in [2.05, 4.69) is 0 Å². The highest BCUT2D eigenvalue weighted by Crippen LogP contribution is 2.28. The summed E-state index contributed by atoms with van der Waals surface area (Å²) in [5.41, 5.74) is 1.02. The highest BCUT2D eigenvalue weighted by Gasteiger charge is 2.26. The molecule has 3 nitrogen and oxygen atoms in total. The van der Waals surface area contributed by atoms with Crippen LogP contribution in [-0.4, -0.2) is 31.0 Å². The molecule has 1 atom stereocenters. The molecule has 2 aliphatic carbocycles. The first-order valence-corrected chi connectivity index (χ1v) is 6.03. The van der Waals surface area contributed by atoms with Crippen LogP contribution in [0.1, 0.15) is 32.1 Å². The number of aliphatic hydroxyl groups excluding tert-OH is 1. The minimum atomic E-state index is 0.000231. The van der Waals surface area contributed by atoms with Gasteiger partial charge in [0.05, 0.1) is 19.8 Å². The molecule has 0 bridgehead atoms. The first kappa shape index (κ1) is 11.7. The Kier molecular flexibility index (Phi) is 4.02.